The molecule has 0 saturated heterocycles. The Morgan fingerprint density at radius 3 is 2.69 bits per heavy atom. The number of hydrogen-bond donors (Lipinski definition) is 1. The number of halogens is 1. The largest absolute Gasteiger partial charge is 0.493 e. The second-order valence-electron chi connectivity index (χ2n) is 7.67. The zero-order valence-electron chi connectivity index (χ0n) is 20.0. The van der Waals surface area contributed by atoms with Crippen LogP contribution < -0.4 is 14.8 Å². The van der Waals surface area contributed by atoms with Crippen LogP contribution in [-0.2, 0) is 15.3 Å². The predicted molar refractivity (Wildman–Crippen MR) is 131 cm³/mol. The molecule has 1 aromatic heterocycles. The van der Waals surface area contributed by atoms with Gasteiger partial charge in [-0.2, -0.15) is 4.98 Å². The van der Waals surface area contributed by atoms with Crippen molar-refractivity contribution in [2.75, 3.05) is 25.6 Å². The van der Waals surface area contributed by atoms with Gasteiger partial charge in [0.25, 0.3) is 0 Å². The SMILES string of the molecule is CCOC(=O)C1=C(C)Nc2nc(SCc3ccccc3F)nn2[C@H]1c1ccc(OCC)c(OC)c1. The summed E-state index contributed by atoms with van der Waals surface area (Å²) in [5.41, 5.74) is 2.35. The highest BCUT2D eigenvalue weighted by molar-refractivity contribution is 7.98. The fourth-order valence-corrected chi connectivity index (χ4v) is 4.68. The van der Waals surface area contributed by atoms with E-state index in [1.807, 2.05) is 25.1 Å². The molecule has 0 spiro atoms. The van der Waals surface area contributed by atoms with Crippen molar-refractivity contribution < 1.29 is 23.4 Å². The number of hydrogen-bond acceptors (Lipinski definition) is 8. The third kappa shape index (κ3) is 5.12. The van der Waals surface area contributed by atoms with Crippen molar-refractivity contribution in [3.63, 3.8) is 0 Å². The van der Waals surface area contributed by atoms with Crippen LogP contribution in [-0.4, -0.2) is 41.1 Å². The Morgan fingerprint density at radius 2 is 1.97 bits per heavy atom. The summed E-state index contributed by atoms with van der Waals surface area (Å²) in [6.45, 7) is 6.19. The molecule has 0 bridgehead atoms. The summed E-state index contributed by atoms with van der Waals surface area (Å²) in [5, 5.41) is 8.28. The van der Waals surface area contributed by atoms with E-state index in [1.54, 1.807) is 43.8 Å². The van der Waals surface area contributed by atoms with Crippen molar-refractivity contribution in [2.24, 2.45) is 0 Å². The number of aromatic nitrogens is 3. The van der Waals surface area contributed by atoms with Gasteiger partial charge in [-0.25, -0.2) is 13.9 Å². The molecule has 0 aliphatic carbocycles. The molecular weight excluding hydrogens is 471 g/mol. The average Bonchev–Trinajstić information content (AvgIpc) is 3.25. The molecule has 0 amide bonds. The first-order valence-electron chi connectivity index (χ1n) is 11.2. The number of benzene rings is 2. The van der Waals surface area contributed by atoms with E-state index in [2.05, 4.69) is 15.4 Å². The third-order valence-corrected chi connectivity index (χ3v) is 6.33. The predicted octanol–water partition coefficient (Wildman–Crippen LogP) is 4.97. The van der Waals surface area contributed by atoms with E-state index in [0.717, 1.165) is 5.56 Å². The fourth-order valence-electron chi connectivity index (χ4n) is 3.86. The highest BCUT2D eigenvalue weighted by Crippen LogP contribution is 2.40. The van der Waals surface area contributed by atoms with Gasteiger partial charge in [0.05, 0.1) is 25.9 Å². The summed E-state index contributed by atoms with van der Waals surface area (Å²) < 4.78 is 32.3. The number of methoxy groups -OCH3 is 1. The molecule has 0 saturated carbocycles. The number of anilines is 1. The molecule has 2 heterocycles. The van der Waals surface area contributed by atoms with Crippen molar-refractivity contribution in [1.82, 2.24) is 14.8 Å². The van der Waals surface area contributed by atoms with Gasteiger partial charge in [-0.3, -0.25) is 0 Å². The molecule has 1 atom stereocenters. The molecule has 0 unspecified atom stereocenters. The van der Waals surface area contributed by atoms with Gasteiger partial charge in [0.15, 0.2) is 11.5 Å². The van der Waals surface area contributed by atoms with Gasteiger partial charge in [-0.1, -0.05) is 36.0 Å². The summed E-state index contributed by atoms with van der Waals surface area (Å²) in [5.74, 6) is 1.27. The van der Waals surface area contributed by atoms with Crippen LogP contribution >= 0.6 is 11.8 Å². The summed E-state index contributed by atoms with van der Waals surface area (Å²) >= 11 is 1.31. The van der Waals surface area contributed by atoms with Gasteiger partial charge >= 0.3 is 5.97 Å². The van der Waals surface area contributed by atoms with Crippen molar-refractivity contribution in [1.29, 1.82) is 0 Å². The van der Waals surface area contributed by atoms with Crippen molar-refractivity contribution in [2.45, 2.75) is 37.7 Å². The molecular formula is C25H27FN4O4S. The summed E-state index contributed by atoms with van der Waals surface area (Å²) in [6.07, 6.45) is 0. The average molecular weight is 499 g/mol. The van der Waals surface area contributed by atoms with Crippen LogP contribution in [0.25, 0.3) is 0 Å². The lowest BCUT2D eigenvalue weighted by molar-refractivity contribution is -0.139. The van der Waals surface area contributed by atoms with E-state index in [0.29, 0.717) is 51.8 Å². The van der Waals surface area contributed by atoms with Crippen molar-refractivity contribution >= 4 is 23.7 Å². The smallest absolute Gasteiger partial charge is 0.338 e. The molecule has 1 aliphatic heterocycles. The Bertz CT molecular complexity index is 1260. The molecule has 1 aliphatic rings. The Kier molecular flexibility index (Phi) is 7.60. The lowest BCUT2D eigenvalue weighted by Gasteiger charge is -2.28. The topological polar surface area (TPSA) is 87.5 Å². The van der Waals surface area contributed by atoms with Crippen molar-refractivity contribution in [3.05, 3.63) is 70.7 Å². The van der Waals surface area contributed by atoms with E-state index >= 15 is 0 Å². The Morgan fingerprint density at radius 1 is 1.17 bits per heavy atom. The van der Waals surface area contributed by atoms with Crippen LogP contribution in [0, 0.1) is 5.82 Å². The van der Waals surface area contributed by atoms with Crippen LogP contribution in [0.1, 0.15) is 37.9 Å². The number of nitrogens with zero attached hydrogens (tertiary/aromatic N) is 3. The van der Waals surface area contributed by atoms with E-state index in [4.69, 9.17) is 14.2 Å². The van der Waals surface area contributed by atoms with E-state index < -0.39 is 12.0 Å². The number of carbonyl (C=O) groups is 1. The zero-order chi connectivity index (χ0) is 24.9. The molecule has 35 heavy (non-hydrogen) atoms. The van der Waals surface area contributed by atoms with E-state index in [-0.39, 0.29) is 12.4 Å². The molecule has 4 rings (SSSR count). The number of carbonyl (C=O) groups excluding carboxylic acids is 1. The van der Waals surface area contributed by atoms with Crippen LogP contribution in [0.4, 0.5) is 10.3 Å². The normalized spacial score (nSPS) is 14.8. The number of nitrogens with one attached hydrogen (secondary N) is 1. The minimum Gasteiger partial charge on any atom is -0.493 e. The second-order valence-corrected chi connectivity index (χ2v) is 8.62. The van der Waals surface area contributed by atoms with Crippen LogP contribution in [0.15, 0.2) is 58.9 Å². The molecule has 2 aromatic carbocycles. The molecule has 0 radical (unpaired) electrons. The fraction of sp³-hybridized carbons (Fsp3) is 0.320. The quantitative estimate of drug-likeness (QED) is 0.327. The maximum Gasteiger partial charge on any atom is 0.338 e. The standard InChI is InChI=1S/C25H27FN4O4S/c1-5-33-19-12-11-16(13-20(19)32-4)22-21(23(31)34-6-2)15(3)27-24-28-25(29-30(22)24)35-14-17-9-7-8-10-18(17)26/h7-13,22H,5-6,14H2,1-4H3,(H,27,28,29)/t22-/m0/s1. The van der Waals surface area contributed by atoms with Gasteiger partial charge in [0.1, 0.15) is 11.9 Å². The number of allylic oxidation sites excluding steroid dienone is 1. The minimum atomic E-state index is -0.606. The number of thioether (sulfide) groups is 1. The van der Waals surface area contributed by atoms with E-state index in [1.165, 1.54) is 17.8 Å². The lowest BCUT2D eigenvalue weighted by Crippen LogP contribution is -2.29. The first-order valence-corrected chi connectivity index (χ1v) is 12.2. The Hall–Kier alpha value is -3.53. The number of esters is 1. The first-order chi connectivity index (χ1) is 17.0. The van der Waals surface area contributed by atoms with Gasteiger partial charge in [0.2, 0.25) is 11.1 Å². The Balaban J connectivity index is 1.74. The molecule has 0 fully saturated rings. The molecule has 8 nitrogen and oxygen atoms in total. The van der Waals surface area contributed by atoms with Crippen LogP contribution in [0.3, 0.4) is 0 Å². The molecule has 3 aromatic rings. The van der Waals surface area contributed by atoms with Crippen LogP contribution in [0.5, 0.6) is 11.5 Å². The highest BCUT2D eigenvalue weighted by Gasteiger charge is 2.35. The summed E-state index contributed by atoms with van der Waals surface area (Å²) in [6, 6.07) is 11.5. The van der Waals surface area contributed by atoms with Gasteiger partial charge in [0, 0.05) is 11.4 Å². The maximum atomic E-state index is 14.1. The number of fused-ring (bicyclic) bond motifs is 1. The number of ether oxygens (including phenoxy) is 3. The first kappa shape index (κ1) is 24.6. The Labute approximate surface area is 207 Å². The monoisotopic (exact) mass is 498 g/mol. The third-order valence-electron chi connectivity index (χ3n) is 5.45. The van der Waals surface area contributed by atoms with Crippen LogP contribution in [0.2, 0.25) is 0 Å². The lowest BCUT2D eigenvalue weighted by atomic mass is 9.95. The zero-order valence-corrected chi connectivity index (χ0v) is 20.8. The molecule has 184 valence electrons. The van der Waals surface area contributed by atoms with Gasteiger partial charge in [-0.05, 0) is 50.1 Å². The van der Waals surface area contributed by atoms with Crippen molar-refractivity contribution in [3.8, 4) is 11.5 Å². The highest BCUT2D eigenvalue weighted by atomic mass is 32.2. The number of rotatable bonds is 9. The van der Waals surface area contributed by atoms with E-state index in [9.17, 15) is 9.18 Å². The van der Waals surface area contributed by atoms with Gasteiger partial charge < -0.3 is 19.5 Å². The molecule has 1 N–H and O–H groups in total. The second kappa shape index (κ2) is 10.8. The summed E-state index contributed by atoms with van der Waals surface area (Å²) in [4.78, 5) is 17.6. The molecule has 10 heteroatoms. The minimum absolute atomic E-state index is 0.239. The van der Waals surface area contributed by atoms with Gasteiger partial charge in [-0.15, -0.1) is 5.10 Å². The maximum absolute atomic E-state index is 14.1. The summed E-state index contributed by atoms with van der Waals surface area (Å²) in [7, 11) is 1.57.